The van der Waals surface area contributed by atoms with Crippen LogP contribution in [0.15, 0.2) is 24.7 Å². The van der Waals surface area contributed by atoms with Crippen LogP contribution in [0.25, 0.3) is 21.7 Å². The molecule has 9 heteroatoms. The second-order valence-electron chi connectivity index (χ2n) is 3.76. The van der Waals surface area contributed by atoms with Crippen molar-refractivity contribution < 1.29 is 13.2 Å². The quantitative estimate of drug-likeness (QED) is 0.640. The van der Waals surface area contributed by atoms with Gasteiger partial charge < -0.3 is 0 Å². The van der Waals surface area contributed by atoms with Crippen molar-refractivity contribution in [3.63, 3.8) is 0 Å². The highest BCUT2D eigenvalue weighted by Gasteiger charge is 2.33. The van der Waals surface area contributed by atoms with Crippen LogP contribution in [0.3, 0.4) is 0 Å². The third-order valence-corrected chi connectivity index (χ3v) is 3.78. The molecule has 0 unspecified atom stereocenters. The van der Waals surface area contributed by atoms with E-state index in [1.165, 1.54) is 18.6 Å². The Balaban J connectivity index is 2.19. The summed E-state index contributed by atoms with van der Waals surface area (Å²) >= 11 is 6.43. The van der Waals surface area contributed by atoms with Crippen LogP contribution in [0.5, 0.6) is 0 Å². The molecule has 0 amide bonds. The third kappa shape index (κ3) is 2.32. The Morgan fingerprint density at radius 3 is 2.60 bits per heavy atom. The molecule has 102 valence electrons. The second kappa shape index (κ2) is 4.64. The average Bonchev–Trinajstić information content (AvgIpc) is 2.84. The molecular weight excluding hydrogens is 313 g/mol. The molecule has 0 aliphatic heterocycles. The fraction of sp³-hybridized carbons (Fsp3) is 0.0909. The van der Waals surface area contributed by atoms with Crippen LogP contribution in [0.4, 0.5) is 13.2 Å². The first-order chi connectivity index (χ1) is 9.45. The molecule has 0 atom stereocenters. The minimum absolute atomic E-state index is 0.0394. The topological polar surface area (TPSA) is 51.6 Å². The van der Waals surface area contributed by atoms with E-state index in [1.54, 1.807) is 0 Å². The average molecular weight is 317 g/mol. The van der Waals surface area contributed by atoms with E-state index in [-0.39, 0.29) is 21.2 Å². The van der Waals surface area contributed by atoms with Gasteiger partial charge in [-0.25, -0.2) is 15.0 Å². The van der Waals surface area contributed by atoms with Gasteiger partial charge in [-0.15, -0.1) is 11.3 Å². The summed E-state index contributed by atoms with van der Waals surface area (Å²) in [7, 11) is 0. The van der Waals surface area contributed by atoms with Crippen LogP contribution < -0.4 is 0 Å². The first-order valence-corrected chi connectivity index (χ1v) is 6.45. The molecule has 0 saturated carbocycles. The summed E-state index contributed by atoms with van der Waals surface area (Å²) < 4.78 is 38.0. The molecule has 3 aromatic rings. The zero-order valence-corrected chi connectivity index (χ0v) is 11.1. The molecule has 0 aromatic carbocycles. The number of fused-ring (bicyclic) bond motifs is 1. The number of hydrogen-bond acceptors (Lipinski definition) is 5. The van der Waals surface area contributed by atoms with Gasteiger partial charge in [0.15, 0.2) is 5.82 Å². The number of halogens is 4. The molecule has 0 bridgehead atoms. The lowest BCUT2D eigenvalue weighted by atomic mass is 10.3. The Morgan fingerprint density at radius 1 is 1.15 bits per heavy atom. The van der Waals surface area contributed by atoms with E-state index >= 15 is 0 Å². The summed E-state index contributed by atoms with van der Waals surface area (Å²) in [4.78, 5) is 15.3. The van der Waals surface area contributed by atoms with Crippen molar-refractivity contribution in [2.45, 2.75) is 6.18 Å². The monoisotopic (exact) mass is 316 g/mol. The Morgan fingerprint density at radius 2 is 1.95 bits per heavy atom. The van der Waals surface area contributed by atoms with Crippen LogP contribution in [0.2, 0.25) is 5.15 Å². The zero-order valence-electron chi connectivity index (χ0n) is 9.52. The molecule has 20 heavy (non-hydrogen) atoms. The minimum atomic E-state index is -4.43. The predicted octanol–water partition coefficient (Wildman–Crippen LogP) is 3.82. The lowest BCUT2D eigenvalue weighted by Crippen LogP contribution is -2.00. The van der Waals surface area contributed by atoms with Gasteiger partial charge in [-0.05, 0) is 6.07 Å². The molecule has 3 aromatic heterocycles. The molecule has 0 spiro atoms. The summed E-state index contributed by atoms with van der Waals surface area (Å²) in [5.74, 6) is 0.145. The van der Waals surface area contributed by atoms with Crippen molar-refractivity contribution in [3.8, 4) is 11.5 Å². The highest BCUT2D eigenvalue weighted by atomic mass is 35.5. The van der Waals surface area contributed by atoms with Crippen molar-refractivity contribution in [3.05, 3.63) is 34.7 Å². The van der Waals surface area contributed by atoms with Crippen LogP contribution in [-0.4, -0.2) is 19.9 Å². The van der Waals surface area contributed by atoms with Crippen molar-refractivity contribution in [2.75, 3.05) is 0 Å². The van der Waals surface area contributed by atoms with E-state index in [0.717, 1.165) is 6.07 Å². The van der Waals surface area contributed by atoms with E-state index in [1.807, 2.05) is 0 Å². The molecule has 0 aliphatic rings. The van der Waals surface area contributed by atoms with E-state index in [0.29, 0.717) is 17.0 Å². The summed E-state index contributed by atoms with van der Waals surface area (Å²) in [6, 6.07) is 0.947. The van der Waals surface area contributed by atoms with Crippen LogP contribution in [0.1, 0.15) is 4.88 Å². The van der Waals surface area contributed by atoms with Crippen molar-refractivity contribution >= 4 is 33.2 Å². The number of thiophene rings is 1. The number of aromatic nitrogens is 4. The maximum absolute atomic E-state index is 12.7. The van der Waals surface area contributed by atoms with Gasteiger partial charge >= 0.3 is 6.18 Å². The highest BCUT2D eigenvalue weighted by Crippen LogP contribution is 2.39. The number of nitrogens with zero attached hydrogens (tertiary/aromatic N) is 4. The largest absolute Gasteiger partial charge is 0.425 e. The van der Waals surface area contributed by atoms with E-state index in [4.69, 9.17) is 11.6 Å². The van der Waals surface area contributed by atoms with E-state index in [2.05, 4.69) is 19.9 Å². The summed E-state index contributed by atoms with van der Waals surface area (Å²) in [5, 5.41) is 0.138. The molecule has 0 saturated heterocycles. The van der Waals surface area contributed by atoms with Crippen LogP contribution in [-0.2, 0) is 6.18 Å². The molecule has 0 N–H and O–H groups in total. The maximum atomic E-state index is 12.7. The first-order valence-electron chi connectivity index (χ1n) is 5.26. The van der Waals surface area contributed by atoms with E-state index in [9.17, 15) is 13.2 Å². The lowest BCUT2D eigenvalue weighted by Gasteiger charge is -1.99. The molecule has 0 aliphatic carbocycles. The Hall–Kier alpha value is -1.80. The first kappa shape index (κ1) is 13.2. The molecule has 3 rings (SSSR count). The van der Waals surface area contributed by atoms with E-state index < -0.39 is 11.1 Å². The molecular formula is C11H4ClF3N4S. The fourth-order valence-electron chi connectivity index (χ4n) is 1.56. The van der Waals surface area contributed by atoms with Gasteiger partial charge in [0.1, 0.15) is 20.6 Å². The van der Waals surface area contributed by atoms with Gasteiger partial charge in [-0.2, -0.15) is 13.2 Å². The standard InChI is InChI=1S/C11H4ClF3N4S/c12-8-5-3-7(11(13,14)15)20-10(5)19-9(18-8)6-4-16-1-2-17-6/h1-4H. The van der Waals surface area contributed by atoms with Crippen molar-refractivity contribution in [2.24, 2.45) is 0 Å². The van der Waals surface area contributed by atoms with Gasteiger partial charge in [0.05, 0.1) is 6.20 Å². The minimum Gasteiger partial charge on any atom is -0.261 e. The maximum Gasteiger partial charge on any atom is 0.425 e. The summed E-state index contributed by atoms with van der Waals surface area (Å²) in [6.07, 6.45) is -0.111. The smallest absolute Gasteiger partial charge is 0.261 e. The normalized spacial score (nSPS) is 12.0. The van der Waals surface area contributed by atoms with Crippen LogP contribution in [0, 0.1) is 0 Å². The third-order valence-electron chi connectivity index (χ3n) is 2.42. The Labute approximate surface area is 119 Å². The molecule has 4 nitrogen and oxygen atoms in total. The van der Waals surface area contributed by atoms with Gasteiger partial charge in [-0.1, -0.05) is 11.6 Å². The Kier molecular flexibility index (Phi) is 3.06. The number of hydrogen-bond donors (Lipinski definition) is 0. The molecule has 3 heterocycles. The Bertz CT molecular complexity index is 772. The SMILES string of the molecule is FC(F)(F)c1cc2c(Cl)nc(-c3cnccn3)nc2s1. The zero-order chi connectivity index (χ0) is 14.3. The summed E-state index contributed by atoms with van der Waals surface area (Å²) in [5.41, 5.74) is 0.346. The van der Waals surface area contributed by atoms with Crippen molar-refractivity contribution in [1.29, 1.82) is 0 Å². The van der Waals surface area contributed by atoms with Gasteiger partial charge in [0.25, 0.3) is 0 Å². The van der Waals surface area contributed by atoms with Gasteiger partial charge in [0, 0.05) is 17.8 Å². The highest BCUT2D eigenvalue weighted by molar-refractivity contribution is 7.18. The lowest BCUT2D eigenvalue weighted by molar-refractivity contribution is -0.134. The van der Waals surface area contributed by atoms with Crippen molar-refractivity contribution in [1.82, 2.24) is 19.9 Å². The second-order valence-corrected chi connectivity index (χ2v) is 5.14. The summed E-state index contributed by atoms with van der Waals surface area (Å²) in [6.45, 7) is 0. The van der Waals surface area contributed by atoms with Gasteiger partial charge in [0.2, 0.25) is 0 Å². The molecule has 0 fully saturated rings. The predicted molar refractivity (Wildman–Crippen MR) is 68.5 cm³/mol. The fourth-order valence-corrected chi connectivity index (χ4v) is 2.73. The van der Waals surface area contributed by atoms with Gasteiger partial charge in [-0.3, -0.25) is 4.98 Å². The number of rotatable bonds is 1. The molecule has 0 radical (unpaired) electrons. The number of alkyl halides is 3. The van der Waals surface area contributed by atoms with Crippen LogP contribution >= 0.6 is 22.9 Å².